The molecular weight excluding hydrogens is 193 g/mol. The lowest BCUT2D eigenvalue weighted by atomic mass is 10.2. The van der Waals surface area contributed by atoms with Crippen LogP contribution in [0.15, 0.2) is 36.9 Å². The van der Waals surface area contributed by atoms with Crippen LogP contribution in [0.1, 0.15) is 5.56 Å². The summed E-state index contributed by atoms with van der Waals surface area (Å²) in [6.45, 7) is 2.53. The largest absolute Gasteiger partial charge is 0.367 e. The second kappa shape index (κ2) is 4.13. The van der Waals surface area contributed by atoms with Gasteiger partial charge in [0.15, 0.2) is 0 Å². The predicted octanol–water partition coefficient (Wildman–Crippen LogP) is 2.40. The fourth-order valence-electron chi connectivity index (χ4n) is 1.34. The van der Waals surface area contributed by atoms with Crippen molar-refractivity contribution in [3.05, 3.63) is 48.3 Å². The topological polar surface area (TPSA) is 29.9 Å². The Labute approximate surface area is 87.6 Å². The number of nitrogens with zero attached hydrogens (tertiary/aromatic N) is 2. The van der Waals surface area contributed by atoms with Gasteiger partial charge >= 0.3 is 0 Å². The zero-order valence-electron chi connectivity index (χ0n) is 8.44. The van der Waals surface area contributed by atoms with Crippen molar-refractivity contribution in [1.29, 1.82) is 0 Å². The van der Waals surface area contributed by atoms with Crippen LogP contribution in [0, 0.1) is 12.7 Å². The number of benzene rings is 1. The van der Waals surface area contributed by atoms with Gasteiger partial charge in [0.1, 0.15) is 5.82 Å². The highest BCUT2D eigenvalue weighted by Crippen LogP contribution is 2.15. The van der Waals surface area contributed by atoms with Crippen LogP contribution in [0.25, 0.3) is 0 Å². The van der Waals surface area contributed by atoms with E-state index in [0.29, 0.717) is 6.67 Å². The number of nitrogens with one attached hydrogen (secondary N) is 1. The molecule has 2 aromatic rings. The molecule has 0 fully saturated rings. The quantitative estimate of drug-likeness (QED) is 0.833. The molecule has 0 aliphatic heterocycles. The Kier molecular flexibility index (Phi) is 2.67. The molecule has 0 aliphatic rings. The van der Waals surface area contributed by atoms with E-state index in [9.17, 15) is 4.39 Å². The summed E-state index contributed by atoms with van der Waals surface area (Å²) in [5, 5.41) is 3.14. The molecular formula is C11H12FN3. The van der Waals surface area contributed by atoms with Crippen LogP contribution in [-0.2, 0) is 6.67 Å². The summed E-state index contributed by atoms with van der Waals surface area (Å²) in [6, 6.07) is 4.70. The second-order valence-corrected chi connectivity index (χ2v) is 3.37. The molecule has 2 rings (SSSR count). The summed E-state index contributed by atoms with van der Waals surface area (Å²) in [6.07, 6.45) is 5.27. The van der Waals surface area contributed by atoms with Gasteiger partial charge in [0.2, 0.25) is 0 Å². The average Bonchev–Trinajstić information content (AvgIpc) is 2.72. The number of imidazole rings is 1. The van der Waals surface area contributed by atoms with Crippen LogP contribution in [-0.4, -0.2) is 9.55 Å². The van der Waals surface area contributed by atoms with Gasteiger partial charge in [-0.25, -0.2) is 9.37 Å². The van der Waals surface area contributed by atoms with Crippen molar-refractivity contribution in [2.45, 2.75) is 13.6 Å². The van der Waals surface area contributed by atoms with Gasteiger partial charge in [0, 0.05) is 18.1 Å². The minimum atomic E-state index is -0.228. The molecule has 4 heteroatoms. The fraction of sp³-hybridized carbons (Fsp3) is 0.182. The van der Waals surface area contributed by atoms with E-state index in [1.807, 2.05) is 17.7 Å². The maximum absolute atomic E-state index is 13.0. The molecule has 0 unspecified atom stereocenters. The summed E-state index contributed by atoms with van der Waals surface area (Å²) >= 11 is 0. The van der Waals surface area contributed by atoms with Gasteiger partial charge < -0.3 is 9.88 Å². The normalized spacial score (nSPS) is 10.3. The van der Waals surface area contributed by atoms with Crippen molar-refractivity contribution < 1.29 is 4.39 Å². The zero-order chi connectivity index (χ0) is 10.7. The minimum Gasteiger partial charge on any atom is -0.367 e. The molecule has 0 saturated heterocycles. The van der Waals surface area contributed by atoms with E-state index in [1.165, 1.54) is 12.1 Å². The van der Waals surface area contributed by atoms with Crippen molar-refractivity contribution in [3.63, 3.8) is 0 Å². The lowest BCUT2D eigenvalue weighted by Crippen LogP contribution is -2.07. The van der Waals surface area contributed by atoms with E-state index in [4.69, 9.17) is 0 Å². The van der Waals surface area contributed by atoms with Gasteiger partial charge in [-0.15, -0.1) is 0 Å². The number of aromatic nitrogens is 2. The molecule has 3 nitrogen and oxygen atoms in total. The number of aryl methyl sites for hydroxylation is 1. The van der Waals surface area contributed by atoms with Crippen LogP contribution in [0.2, 0.25) is 0 Å². The standard InChI is InChI=1S/C11H12FN3/c1-9-2-3-10(12)6-11(9)14-8-15-5-4-13-7-15/h2-7,14H,8H2,1H3. The number of rotatable bonds is 3. The highest BCUT2D eigenvalue weighted by molar-refractivity contribution is 5.50. The monoisotopic (exact) mass is 205 g/mol. The number of hydrogen-bond acceptors (Lipinski definition) is 2. The SMILES string of the molecule is Cc1ccc(F)cc1NCn1ccnc1. The molecule has 0 spiro atoms. The summed E-state index contributed by atoms with van der Waals surface area (Å²) in [5.74, 6) is -0.228. The van der Waals surface area contributed by atoms with Crippen molar-refractivity contribution >= 4 is 5.69 Å². The lowest BCUT2D eigenvalue weighted by Gasteiger charge is -2.09. The lowest BCUT2D eigenvalue weighted by molar-refractivity contribution is 0.627. The van der Waals surface area contributed by atoms with Crippen LogP contribution < -0.4 is 5.32 Å². The Morgan fingerprint density at radius 3 is 3.07 bits per heavy atom. The molecule has 15 heavy (non-hydrogen) atoms. The van der Waals surface area contributed by atoms with Gasteiger partial charge in [-0.2, -0.15) is 0 Å². The maximum Gasteiger partial charge on any atom is 0.125 e. The maximum atomic E-state index is 13.0. The first-order chi connectivity index (χ1) is 7.25. The Bertz CT molecular complexity index is 437. The van der Waals surface area contributed by atoms with Gasteiger partial charge in [-0.3, -0.25) is 0 Å². The second-order valence-electron chi connectivity index (χ2n) is 3.37. The third kappa shape index (κ3) is 2.34. The van der Waals surface area contributed by atoms with Crippen molar-refractivity contribution in [2.75, 3.05) is 5.32 Å². The van der Waals surface area contributed by atoms with Crippen molar-refractivity contribution in [2.24, 2.45) is 0 Å². The minimum absolute atomic E-state index is 0.228. The molecule has 1 aromatic carbocycles. The molecule has 78 valence electrons. The molecule has 1 aromatic heterocycles. The molecule has 0 atom stereocenters. The molecule has 0 saturated carbocycles. The first-order valence-electron chi connectivity index (χ1n) is 4.71. The van der Waals surface area contributed by atoms with Crippen LogP contribution in [0.3, 0.4) is 0 Å². The third-order valence-electron chi connectivity index (χ3n) is 2.21. The summed E-state index contributed by atoms with van der Waals surface area (Å²) in [7, 11) is 0. The number of anilines is 1. The Balaban J connectivity index is 2.07. The van der Waals surface area contributed by atoms with Crippen molar-refractivity contribution in [3.8, 4) is 0 Å². The zero-order valence-corrected chi connectivity index (χ0v) is 8.44. The van der Waals surface area contributed by atoms with Crippen LogP contribution >= 0.6 is 0 Å². The van der Waals surface area contributed by atoms with Gasteiger partial charge in [-0.1, -0.05) is 6.07 Å². The van der Waals surface area contributed by atoms with Crippen molar-refractivity contribution in [1.82, 2.24) is 9.55 Å². The van der Waals surface area contributed by atoms with Crippen LogP contribution in [0.4, 0.5) is 10.1 Å². The molecule has 0 bridgehead atoms. The Morgan fingerprint density at radius 1 is 1.47 bits per heavy atom. The molecule has 0 aliphatic carbocycles. The van der Waals surface area contributed by atoms with E-state index < -0.39 is 0 Å². The first-order valence-corrected chi connectivity index (χ1v) is 4.71. The summed E-state index contributed by atoms with van der Waals surface area (Å²) in [5.41, 5.74) is 1.83. The smallest absolute Gasteiger partial charge is 0.125 e. The third-order valence-corrected chi connectivity index (χ3v) is 2.21. The molecule has 1 heterocycles. The Morgan fingerprint density at radius 2 is 2.33 bits per heavy atom. The highest BCUT2D eigenvalue weighted by atomic mass is 19.1. The first kappa shape index (κ1) is 9.71. The number of hydrogen-bond donors (Lipinski definition) is 1. The van der Waals surface area contributed by atoms with E-state index in [2.05, 4.69) is 10.3 Å². The molecule has 1 N–H and O–H groups in total. The van der Waals surface area contributed by atoms with Gasteiger partial charge in [0.25, 0.3) is 0 Å². The van der Waals surface area contributed by atoms with Crippen LogP contribution in [0.5, 0.6) is 0 Å². The van der Waals surface area contributed by atoms with Gasteiger partial charge in [0.05, 0.1) is 13.0 Å². The predicted molar refractivity (Wildman–Crippen MR) is 57.0 cm³/mol. The van der Waals surface area contributed by atoms with E-state index in [-0.39, 0.29) is 5.82 Å². The number of halogens is 1. The highest BCUT2D eigenvalue weighted by Gasteiger charge is 1.99. The van der Waals surface area contributed by atoms with Gasteiger partial charge in [-0.05, 0) is 24.6 Å². The van der Waals surface area contributed by atoms with E-state index >= 15 is 0 Å². The van der Waals surface area contributed by atoms with E-state index in [0.717, 1.165) is 11.3 Å². The summed E-state index contributed by atoms with van der Waals surface area (Å²) < 4.78 is 14.8. The van der Waals surface area contributed by atoms with E-state index in [1.54, 1.807) is 18.6 Å². The summed E-state index contributed by atoms with van der Waals surface area (Å²) in [4.78, 5) is 3.92. The fourth-order valence-corrected chi connectivity index (χ4v) is 1.34. The molecule has 0 amide bonds. The molecule has 0 radical (unpaired) electrons. The average molecular weight is 205 g/mol. The Hall–Kier alpha value is -1.84.